The van der Waals surface area contributed by atoms with Crippen LogP contribution in [0.4, 0.5) is 0 Å². The van der Waals surface area contributed by atoms with Crippen LogP contribution in [-0.4, -0.2) is 49.4 Å². The predicted molar refractivity (Wildman–Crippen MR) is 88.5 cm³/mol. The summed E-state index contributed by atoms with van der Waals surface area (Å²) in [5, 5.41) is 11.6. The molecule has 0 aromatic carbocycles. The summed E-state index contributed by atoms with van der Waals surface area (Å²) in [6.07, 6.45) is 6.83. The summed E-state index contributed by atoms with van der Waals surface area (Å²) in [7, 11) is 0. The third-order valence-electron chi connectivity index (χ3n) is 4.27. The molecule has 2 rings (SSSR count). The average molecular weight is 325 g/mol. The highest BCUT2D eigenvalue weighted by atomic mass is 32.2. The molecule has 1 aliphatic rings. The second-order valence-corrected chi connectivity index (χ2v) is 6.79. The standard InChI is InChI=1S/C15H27N5OS/c1-3-19(13-8-6-5-7-9-13)15(21)10-11-22-12-14-16-17-18-20(14)4-2/h13H,3-12H2,1-2H3. The Morgan fingerprint density at radius 1 is 1.32 bits per heavy atom. The summed E-state index contributed by atoms with van der Waals surface area (Å²) in [6.45, 7) is 5.74. The van der Waals surface area contributed by atoms with Crippen molar-refractivity contribution in [1.29, 1.82) is 0 Å². The molecule has 0 spiro atoms. The van der Waals surface area contributed by atoms with Gasteiger partial charge in [-0.2, -0.15) is 11.8 Å². The molecule has 1 amide bonds. The lowest BCUT2D eigenvalue weighted by Gasteiger charge is -2.33. The number of hydrogen-bond donors (Lipinski definition) is 0. The third kappa shape index (κ3) is 4.69. The van der Waals surface area contributed by atoms with Gasteiger partial charge in [0, 0.05) is 31.3 Å². The maximum Gasteiger partial charge on any atom is 0.223 e. The van der Waals surface area contributed by atoms with Gasteiger partial charge in [0.05, 0.1) is 5.75 Å². The third-order valence-corrected chi connectivity index (χ3v) is 5.23. The van der Waals surface area contributed by atoms with Gasteiger partial charge in [0.25, 0.3) is 0 Å². The number of carbonyl (C=O) groups excluding carboxylic acids is 1. The van der Waals surface area contributed by atoms with Crippen molar-refractivity contribution in [3.8, 4) is 0 Å². The molecule has 0 radical (unpaired) electrons. The van der Waals surface area contributed by atoms with E-state index in [2.05, 4.69) is 27.3 Å². The smallest absolute Gasteiger partial charge is 0.223 e. The van der Waals surface area contributed by atoms with Crippen molar-refractivity contribution in [1.82, 2.24) is 25.1 Å². The molecule has 0 saturated heterocycles. The molecular weight excluding hydrogens is 298 g/mol. The summed E-state index contributed by atoms with van der Waals surface area (Å²) < 4.78 is 1.80. The molecule has 0 aliphatic heterocycles. The Kier molecular flexibility index (Phi) is 7.15. The fourth-order valence-corrected chi connectivity index (χ4v) is 3.92. The van der Waals surface area contributed by atoms with Crippen LogP contribution < -0.4 is 0 Å². The summed E-state index contributed by atoms with van der Waals surface area (Å²) >= 11 is 1.73. The molecule has 1 aromatic rings. The number of amides is 1. The van der Waals surface area contributed by atoms with E-state index in [1.54, 1.807) is 16.4 Å². The van der Waals surface area contributed by atoms with Crippen LogP contribution in [0.25, 0.3) is 0 Å². The van der Waals surface area contributed by atoms with Gasteiger partial charge in [0.2, 0.25) is 5.91 Å². The van der Waals surface area contributed by atoms with Crippen LogP contribution >= 0.6 is 11.8 Å². The quantitative estimate of drug-likeness (QED) is 0.687. The lowest BCUT2D eigenvalue weighted by Crippen LogP contribution is -2.41. The highest BCUT2D eigenvalue weighted by Gasteiger charge is 2.23. The highest BCUT2D eigenvalue weighted by molar-refractivity contribution is 7.98. The monoisotopic (exact) mass is 325 g/mol. The van der Waals surface area contributed by atoms with Gasteiger partial charge in [0.15, 0.2) is 5.82 Å². The van der Waals surface area contributed by atoms with Crippen molar-refractivity contribution in [2.24, 2.45) is 0 Å². The maximum atomic E-state index is 12.4. The summed E-state index contributed by atoms with van der Waals surface area (Å²) in [4.78, 5) is 14.5. The second kappa shape index (κ2) is 9.12. The summed E-state index contributed by atoms with van der Waals surface area (Å²) in [6, 6.07) is 0.476. The average Bonchev–Trinajstić information content (AvgIpc) is 3.01. The number of aromatic nitrogens is 4. The van der Waals surface area contributed by atoms with Crippen LogP contribution in [0.15, 0.2) is 0 Å². The van der Waals surface area contributed by atoms with E-state index >= 15 is 0 Å². The zero-order valence-corrected chi connectivity index (χ0v) is 14.5. The molecule has 1 aromatic heterocycles. The first-order valence-corrected chi connectivity index (χ1v) is 9.54. The normalized spacial score (nSPS) is 15.9. The molecule has 0 unspecified atom stereocenters. The second-order valence-electron chi connectivity index (χ2n) is 5.69. The Hall–Kier alpha value is -1.11. The van der Waals surface area contributed by atoms with Gasteiger partial charge in [-0.1, -0.05) is 19.3 Å². The Balaban J connectivity index is 1.72. The fraction of sp³-hybridized carbons (Fsp3) is 0.867. The highest BCUT2D eigenvalue weighted by Crippen LogP contribution is 2.23. The number of aryl methyl sites for hydroxylation is 1. The van der Waals surface area contributed by atoms with Crippen molar-refractivity contribution in [2.75, 3.05) is 12.3 Å². The molecular formula is C15H27N5OS. The van der Waals surface area contributed by atoms with Crippen LogP contribution in [0.5, 0.6) is 0 Å². The minimum absolute atomic E-state index is 0.303. The Labute approximate surface area is 137 Å². The first-order valence-electron chi connectivity index (χ1n) is 8.38. The first kappa shape index (κ1) is 17.2. The molecule has 7 heteroatoms. The van der Waals surface area contributed by atoms with Crippen molar-refractivity contribution >= 4 is 17.7 Å². The van der Waals surface area contributed by atoms with E-state index in [0.29, 0.717) is 18.4 Å². The van der Waals surface area contributed by atoms with Crippen LogP contribution in [0.2, 0.25) is 0 Å². The molecule has 22 heavy (non-hydrogen) atoms. The van der Waals surface area contributed by atoms with E-state index in [1.807, 2.05) is 6.92 Å². The zero-order valence-electron chi connectivity index (χ0n) is 13.7. The molecule has 6 nitrogen and oxygen atoms in total. The lowest BCUT2D eigenvalue weighted by atomic mass is 9.94. The minimum Gasteiger partial charge on any atom is -0.340 e. The molecule has 1 saturated carbocycles. The van der Waals surface area contributed by atoms with Crippen LogP contribution in [0.3, 0.4) is 0 Å². The van der Waals surface area contributed by atoms with E-state index in [0.717, 1.165) is 30.4 Å². The molecule has 1 heterocycles. The number of hydrogen-bond acceptors (Lipinski definition) is 5. The van der Waals surface area contributed by atoms with Crippen molar-refractivity contribution in [3.05, 3.63) is 5.82 Å². The number of nitrogens with zero attached hydrogens (tertiary/aromatic N) is 5. The molecule has 0 N–H and O–H groups in total. The molecule has 124 valence electrons. The molecule has 0 atom stereocenters. The molecule has 1 fully saturated rings. The maximum absolute atomic E-state index is 12.4. The number of tetrazole rings is 1. The Morgan fingerprint density at radius 3 is 2.77 bits per heavy atom. The number of carbonyl (C=O) groups is 1. The number of rotatable bonds is 8. The van der Waals surface area contributed by atoms with Crippen molar-refractivity contribution in [3.63, 3.8) is 0 Å². The van der Waals surface area contributed by atoms with Gasteiger partial charge in [-0.15, -0.1) is 5.10 Å². The predicted octanol–water partition coefficient (Wildman–Crippen LogP) is 2.50. The Bertz CT molecular complexity index is 459. The van der Waals surface area contributed by atoms with E-state index < -0.39 is 0 Å². The van der Waals surface area contributed by atoms with Gasteiger partial charge in [-0.05, 0) is 37.1 Å². The zero-order chi connectivity index (χ0) is 15.8. The van der Waals surface area contributed by atoms with Gasteiger partial charge < -0.3 is 4.90 Å². The van der Waals surface area contributed by atoms with Crippen molar-refractivity contribution < 1.29 is 4.79 Å². The molecule has 1 aliphatic carbocycles. The summed E-state index contributed by atoms with van der Waals surface area (Å²) in [5.74, 6) is 2.79. The topological polar surface area (TPSA) is 63.9 Å². The molecule has 0 bridgehead atoms. The fourth-order valence-electron chi connectivity index (χ4n) is 3.07. The minimum atomic E-state index is 0.303. The van der Waals surface area contributed by atoms with E-state index in [9.17, 15) is 4.79 Å². The SMILES string of the molecule is CCN(C(=O)CCSCc1nnnn1CC)C1CCCCC1. The number of thioether (sulfide) groups is 1. The summed E-state index contributed by atoms with van der Waals surface area (Å²) in [5.41, 5.74) is 0. The van der Waals surface area contributed by atoms with Crippen molar-refractivity contribution in [2.45, 2.75) is 70.7 Å². The van der Waals surface area contributed by atoms with Crippen LogP contribution in [0, 0.1) is 0 Å². The van der Waals surface area contributed by atoms with Gasteiger partial charge in [-0.25, -0.2) is 4.68 Å². The van der Waals surface area contributed by atoms with E-state index in [4.69, 9.17) is 0 Å². The van der Waals surface area contributed by atoms with E-state index in [-0.39, 0.29) is 0 Å². The Morgan fingerprint density at radius 2 is 2.09 bits per heavy atom. The van der Waals surface area contributed by atoms with Crippen LogP contribution in [-0.2, 0) is 17.1 Å². The van der Waals surface area contributed by atoms with E-state index in [1.165, 1.54) is 32.1 Å². The largest absolute Gasteiger partial charge is 0.340 e. The lowest BCUT2D eigenvalue weighted by molar-refractivity contribution is -0.133. The van der Waals surface area contributed by atoms with Gasteiger partial charge in [-0.3, -0.25) is 4.79 Å². The van der Waals surface area contributed by atoms with Gasteiger partial charge in [0.1, 0.15) is 0 Å². The van der Waals surface area contributed by atoms with Gasteiger partial charge >= 0.3 is 0 Å². The van der Waals surface area contributed by atoms with Crippen LogP contribution in [0.1, 0.15) is 58.2 Å². The first-order chi connectivity index (χ1) is 10.8.